The van der Waals surface area contributed by atoms with Crippen LogP contribution in [-0.2, 0) is 25.6 Å². The molecule has 21 heavy (non-hydrogen) atoms. The Morgan fingerprint density at radius 3 is 2.67 bits per heavy atom. The van der Waals surface area contributed by atoms with Crippen LogP contribution in [0.1, 0.15) is 47.9 Å². The van der Waals surface area contributed by atoms with Crippen molar-refractivity contribution in [3.63, 3.8) is 0 Å². The minimum absolute atomic E-state index is 0.423. The lowest BCUT2D eigenvalue weighted by Gasteiger charge is -2.28. The maximum atomic E-state index is 13.3. The molecule has 4 rings (SSSR count). The molecule has 2 aliphatic carbocycles. The SMILES string of the molecule is FC(F)(F)c1ccc2c(c1CN1C=C3CCC1C3)CCC2. The third-order valence-corrected chi connectivity index (χ3v) is 5.16. The Labute approximate surface area is 122 Å². The smallest absolute Gasteiger partial charge is 0.370 e. The first kappa shape index (κ1) is 13.2. The van der Waals surface area contributed by atoms with Crippen LogP contribution in [0.5, 0.6) is 0 Å². The molecule has 1 heterocycles. The minimum atomic E-state index is -4.25. The molecule has 0 N–H and O–H groups in total. The van der Waals surface area contributed by atoms with Gasteiger partial charge in [-0.05, 0) is 67.5 Å². The highest BCUT2D eigenvalue weighted by atomic mass is 19.4. The molecule has 0 spiro atoms. The first-order chi connectivity index (χ1) is 10.0. The topological polar surface area (TPSA) is 3.24 Å². The van der Waals surface area contributed by atoms with E-state index < -0.39 is 11.7 Å². The summed E-state index contributed by atoms with van der Waals surface area (Å²) in [7, 11) is 0. The van der Waals surface area contributed by atoms with Crippen LogP contribution in [0.2, 0.25) is 0 Å². The highest BCUT2D eigenvalue weighted by molar-refractivity contribution is 5.45. The minimum Gasteiger partial charge on any atom is -0.370 e. The Bertz CT molecular complexity index is 615. The van der Waals surface area contributed by atoms with Crippen molar-refractivity contribution in [3.8, 4) is 0 Å². The van der Waals surface area contributed by atoms with Crippen molar-refractivity contribution in [1.29, 1.82) is 0 Å². The summed E-state index contributed by atoms with van der Waals surface area (Å²) in [6.45, 7) is 0.423. The summed E-state index contributed by atoms with van der Waals surface area (Å²) in [5.74, 6) is 0. The van der Waals surface area contributed by atoms with Crippen molar-refractivity contribution in [3.05, 3.63) is 46.2 Å². The van der Waals surface area contributed by atoms with Gasteiger partial charge in [-0.25, -0.2) is 0 Å². The predicted molar refractivity (Wildman–Crippen MR) is 74.7 cm³/mol. The Kier molecular flexibility index (Phi) is 2.85. The monoisotopic (exact) mass is 293 g/mol. The molecule has 1 saturated carbocycles. The molecule has 4 heteroatoms. The molecule has 1 aliphatic heterocycles. The number of halogens is 3. The van der Waals surface area contributed by atoms with Crippen molar-refractivity contribution >= 4 is 0 Å². The predicted octanol–water partition coefficient (Wildman–Crippen LogP) is 4.45. The molecule has 1 aromatic rings. The van der Waals surface area contributed by atoms with Gasteiger partial charge in [-0.2, -0.15) is 13.2 Å². The Morgan fingerprint density at radius 1 is 1.14 bits per heavy atom. The number of rotatable bonds is 2. The quantitative estimate of drug-likeness (QED) is 0.779. The van der Waals surface area contributed by atoms with Crippen molar-refractivity contribution in [2.45, 2.75) is 57.3 Å². The van der Waals surface area contributed by atoms with Crippen LogP contribution in [0.25, 0.3) is 0 Å². The lowest BCUT2D eigenvalue weighted by atomic mass is 9.96. The highest BCUT2D eigenvalue weighted by Gasteiger charge is 2.37. The van der Waals surface area contributed by atoms with Crippen LogP contribution in [0.4, 0.5) is 13.2 Å². The van der Waals surface area contributed by atoms with Crippen LogP contribution < -0.4 is 0 Å². The van der Waals surface area contributed by atoms with Gasteiger partial charge in [0.1, 0.15) is 0 Å². The maximum absolute atomic E-state index is 13.3. The molecule has 112 valence electrons. The number of hydrogen-bond acceptors (Lipinski definition) is 1. The third kappa shape index (κ3) is 2.16. The van der Waals surface area contributed by atoms with E-state index in [1.54, 1.807) is 6.07 Å². The lowest BCUT2D eigenvalue weighted by molar-refractivity contribution is -0.138. The zero-order valence-corrected chi connectivity index (χ0v) is 11.8. The van der Waals surface area contributed by atoms with Gasteiger partial charge < -0.3 is 4.90 Å². The van der Waals surface area contributed by atoms with E-state index in [0.29, 0.717) is 18.2 Å². The average molecular weight is 293 g/mol. The van der Waals surface area contributed by atoms with Crippen LogP contribution in [0.15, 0.2) is 23.9 Å². The van der Waals surface area contributed by atoms with Crippen LogP contribution in [0, 0.1) is 0 Å². The molecule has 0 aromatic heterocycles. The summed E-state index contributed by atoms with van der Waals surface area (Å²) in [6.07, 6.45) is 3.82. The van der Waals surface area contributed by atoms with Gasteiger partial charge in [-0.1, -0.05) is 11.6 Å². The van der Waals surface area contributed by atoms with E-state index in [1.165, 1.54) is 11.6 Å². The zero-order chi connectivity index (χ0) is 14.6. The van der Waals surface area contributed by atoms with Crippen LogP contribution >= 0.6 is 0 Å². The summed E-state index contributed by atoms with van der Waals surface area (Å²) in [5, 5.41) is 0. The van der Waals surface area contributed by atoms with Crippen molar-refractivity contribution in [1.82, 2.24) is 4.90 Å². The molecule has 0 saturated heterocycles. The van der Waals surface area contributed by atoms with Crippen molar-refractivity contribution < 1.29 is 13.2 Å². The number of benzene rings is 1. The molecule has 1 atom stereocenters. The molecule has 1 nitrogen and oxygen atoms in total. The molecule has 0 amide bonds. The highest BCUT2D eigenvalue weighted by Crippen LogP contribution is 2.41. The second kappa shape index (κ2) is 4.52. The van der Waals surface area contributed by atoms with Gasteiger partial charge in [0.05, 0.1) is 5.56 Å². The second-order valence-electron chi connectivity index (χ2n) is 6.44. The van der Waals surface area contributed by atoms with Gasteiger partial charge in [0.15, 0.2) is 0 Å². The van der Waals surface area contributed by atoms with Gasteiger partial charge in [0.25, 0.3) is 0 Å². The number of hydrogen-bond donors (Lipinski definition) is 0. The molecule has 2 bridgehead atoms. The summed E-state index contributed by atoms with van der Waals surface area (Å²) in [5.41, 5.74) is 3.59. The fourth-order valence-corrected chi connectivity index (χ4v) is 4.15. The first-order valence-electron chi connectivity index (χ1n) is 7.68. The van der Waals surface area contributed by atoms with Crippen molar-refractivity contribution in [2.24, 2.45) is 0 Å². The molecule has 1 fully saturated rings. The molecular weight excluding hydrogens is 275 g/mol. The summed E-state index contributed by atoms with van der Waals surface area (Å²) >= 11 is 0. The number of nitrogens with zero attached hydrogens (tertiary/aromatic N) is 1. The fraction of sp³-hybridized carbons (Fsp3) is 0.529. The van der Waals surface area contributed by atoms with E-state index >= 15 is 0 Å². The van der Waals surface area contributed by atoms with Crippen LogP contribution in [0.3, 0.4) is 0 Å². The van der Waals surface area contributed by atoms with Gasteiger partial charge in [0, 0.05) is 12.6 Å². The van der Waals surface area contributed by atoms with E-state index in [4.69, 9.17) is 0 Å². The summed E-state index contributed by atoms with van der Waals surface area (Å²) < 4.78 is 40.0. The van der Waals surface area contributed by atoms with Gasteiger partial charge in [0.2, 0.25) is 0 Å². The van der Waals surface area contributed by atoms with Gasteiger partial charge in [-0.3, -0.25) is 0 Å². The van der Waals surface area contributed by atoms with Gasteiger partial charge >= 0.3 is 6.18 Å². The van der Waals surface area contributed by atoms with E-state index in [0.717, 1.165) is 49.7 Å². The second-order valence-corrected chi connectivity index (χ2v) is 6.44. The molecular formula is C17H18F3N. The summed E-state index contributed by atoms with van der Waals surface area (Å²) in [6, 6.07) is 3.41. The average Bonchev–Trinajstić information content (AvgIpc) is 3.13. The lowest BCUT2D eigenvalue weighted by Crippen LogP contribution is -2.27. The first-order valence-corrected chi connectivity index (χ1v) is 7.68. The molecule has 1 aromatic carbocycles. The van der Waals surface area contributed by atoms with E-state index in [1.807, 2.05) is 0 Å². The van der Waals surface area contributed by atoms with E-state index in [2.05, 4.69) is 11.1 Å². The number of fused-ring (bicyclic) bond motifs is 3. The van der Waals surface area contributed by atoms with Gasteiger partial charge in [-0.15, -0.1) is 0 Å². The molecule has 1 unspecified atom stereocenters. The normalized spacial score (nSPS) is 23.7. The molecule has 0 radical (unpaired) electrons. The summed E-state index contributed by atoms with van der Waals surface area (Å²) in [4.78, 5) is 2.14. The number of aryl methyl sites for hydroxylation is 1. The Balaban J connectivity index is 1.74. The zero-order valence-electron chi connectivity index (χ0n) is 11.8. The fourth-order valence-electron chi connectivity index (χ4n) is 4.15. The third-order valence-electron chi connectivity index (χ3n) is 5.16. The largest absolute Gasteiger partial charge is 0.416 e. The maximum Gasteiger partial charge on any atom is 0.416 e. The Morgan fingerprint density at radius 2 is 2.00 bits per heavy atom. The van der Waals surface area contributed by atoms with Crippen molar-refractivity contribution in [2.75, 3.05) is 0 Å². The standard InChI is InChI=1S/C17H18F3N/c18-17(19,20)16-7-5-12-2-1-3-14(12)15(16)10-21-9-11-4-6-13(21)8-11/h5,7,9,13H,1-4,6,8,10H2. The molecule has 3 aliphatic rings. The number of alkyl halides is 3. The van der Waals surface area contributed by atoms with E-state index in [-0.39, 0.29) is 0 Å². The Hall–Kier alpha value is -1.45. The van der Waals surface area contributed by atoms with Crippen LogP contribution in [-0.4, -0.2) is 10.9 Å². The van der Waals surface area contributed by atoms with E-state index in [9.17, 15) is 13.2 Å².